The van der Waals surface area contributed by atoms with E-state index in [1.807, 2.05) is 0 Å². The van der Waals surface area contributed by atoms with Gasteiger partial charge in [0.05, 0.1) is 19.5 Å². The average Bonchev–Trinajstić information content (AvgIpc) is 2.06. The molecule has 1 fully saturated rings. The molecule has 0 aromatic heterocycles. The summed E-state index contributed by atoms with van der Waals surface area (Å²) >= 11 is 0. The summed E-state index contributed by atoms with van der Waals surface area (Å²) in [5.41, 5.74) is 0.335. The van der Waals surface area contributed by atoms with E-state index in [1.165, 1.54) is 19.1 Å². The van der Waals surface area contributed by atoms with Gasteiger partial charge in [-0.1, -0.05) is 13.5 Å². The fraction of sp³-hybridized carbons (Fsp3) is 0.800. The normalized spacial score (nSPS) is 29.8. The number of hydrogen-bond acceptors (Lipinski definition) is 2. The standard InChI is InChI=1S/C10H18O2/c1-3-11-8-6-10(2)5-4-7-12-9-10/h3H,1,4-9H2,2H3. The van der Waals surface area contributed by atoms with Crippen LogP contribution >= 0.6 is 0 Å². The second-order valence-electron chi connectivity index (χ2n) is 3.75. The minimum Gasteiger partial charge on any atom is -0.502 e. The van der Waals surface area contributed by atoms with Crippen molar-refractivity contribution in [3.05, 3.63) is 12.8 Å². The van der Waals surface area contributed by atoms with Gasteiger partial charge in [-0.15, -0.1) is 0 Å². The summed E-state index contributed by atoms with van der Waals surface area (Å²) < 4.78 is 10.5. The molecular formula is C10H18O2. The van der Waals surface area contributed by atoms with Crippen LogP contribution in [-0.2, 0) is 9.47 Å². The fourth-order valence-electron chi connectivity index (χ4n) is 1.58. The Labute approximate surface area is 74.6 Å². The molecule has 1 saturated heterocycles. The summed E-state index contributed by atoms with van der Waals surface area (Å²) in [6.07, 6.45) is 5.02. The van der Waals surface area contributed by atoms with Gasteiger partial charge in [0.2, 0.25) is 0 Å². The first-order chi connectivity index (χ1) is 5.77. The molecule has 1 heterocycles. The van der Waals surface area contributed by atoms with Gasteiger partial charge in [-0.2, -0.15) is 0 Å². The van der Waals surface area contributed by atoms with Gasteiger partial charge in [0.25, 0.3) is 0 Å². The second-order valence-corrected chi connectivity index (χ2v) is 3.75. The van der Waals surface area contributed by atoms with Crippen LogP contribution in [0.2, 0.25) is 0 Å². The van der Waals surface area contributed by atoms with Crippen LogP contribution in [0.1, 0.15) is 26.2 Å². The highest BCUT2D eigenvalue weighted by Crippen LogP contribution is 2.31. The van der Waals surface area contributed by atoms with Gasteiger partial charge in [-0.05, 0) is 24.7 Å². The van der Waals surface area contributed by atoms with Gasteiger partial charge in [0, 0.05) is 6.61 Å². The van der Waals surface area contributed by atoms with Gasteiger partial charge in [0.15, 0.2) is 0 Å². The maximum Gasteiger partial charge on any atom is 0.0879 e. The first kappa shape index (κ1) is 9.59. The Morgan fingerprint density at radius 3 is 3.08 bits per heavy atom. The van der Waals surface area contributed by atoms with Crippen molar-refractivity contribution >= 4 is 0 Å². The second kappa shape index (κ2) is 4.51. The van der Waals surface area contributed by atoms with E-state index in [2.05, 4.69) is 13.5 Å². The van der Waals surface area contributed by atoms with E-state index in [-0.39, 0.29) is 0 Å². The van der Waals surface area contributed by atoms with Crippen molar-refractivity contribution in [1.82, 2.24) is 0 Å². The van der Waals surface area contributed by atoms with Crippen molar-refractivity contribution < 1.29 is 9.47 Å². The SMILES string of the molecule is C=COCCC1(C)CCCOC1. The van der Waals surface area contributed by atoms with Crippen molar-refractivity contribution in [3.63, 3.8) is 0 Å². The minimum absolute atomic E-state index is 0.335. The predicted octanol–water partition coefficient (Wildman–Crippen LogP) is 2.35. The van der Waals surface area contributed by atoms with Crippen molar-refractivity contribution in [2.24, 2.45) is 5.41 Å². The first-order valence-electron chi connectivity index (χ1n) is 4.57. The van der Waals surface area contributed by atoms with Crippen molar-refractivity contribution in [1.29, 1.82) is 0 Å². The van der Waals surface area contributed by atoms with Crippen LogP contribution in [0.4, 0.5) is 0 Å². The van der Waals surface area contributed by atoms with Crippen molar-refractivity contribution in [2.75, 3.05) is 19.8 Å². The molecule has 0 radical (unpaired) electrons. The lowest BCUT2D eigenvalue weighted by Crippen LogP contribution is -2.29. The molecule has 0 spiro atoms. The van der Waals surface area contributed by atoms with Crippen LogP contribution in [0.3, 0.4) is 0 Å². The molecule has 0 aromatic carbocycles. The molecule has 2 heteroatoms. The average molecular weight is 170 g/mol. The molecule has 0 aliphatic carbocycles. The maximum atomic E-state index is 5.43. The van der Waals surface area contributed by atoms with E-state index in [1.54, 1.807) is 0 Å². The first-order valence-corrected chi connectivity index (χ1v) is 4.57. The highest BCUT2D eigenvalue weighted by molar-refractivity contribution is 4.76. The molecular weight excluding hydrogens is 152 g/mol. The molecule has 0 aromatic rings. The highest BCUT2D eigenvalue weighted by Gasteiger charge is 2.27. The zero-order valence-electron chi connectivity index (χ0n) is 7.84. The largest absolute Gasteiger partial charge is 0.502 e. The summed E-state index contributed by atoms with van der Waals surface area (Å²) in [5, 5.41) is 0. The van der Waals surface area contributed by atoms with Crippen molar-refractivity contribution in [3.8, 4) is 0 Å². The van der Waals surface area contributed by atoms with E-state index < -0.39 is 0 Å². The molecule has 1 aliphatic heterocycles. The molecule has 0 bridgehead atoms. The Morgan fingerprint density at radius 2 is 2.50 bits per heavy atom. The monoisotopic (exact) mass is 170 g/mol. The molecule has 1 aliphatic rings. The fourth-order valence-corrected chi connectivity index (χ4v) is 1.58. The summed E-state index contributed by atoms with van der Waals surface area (Å²) in [4.78, 5) is 0. The Morgan fingerprint density at radius 1 is 1.67 bits per heavy atom. The van der Waals surface area contributed by atoms with E-state index in [0.29, 0.717) is 5.41 Å². The van der Waals surface area contributed by atoms with Crippen LogP contribution in [0.15, 0.2) is 12.8 Å². The van der Waals surface area contributed by atoms with Crippen LogP contribution in [0, 0.1) is 5.41 Å². The highest BCUT2D eigenvalue weighted by atomic mass is 16.5. The number of hydrogen-bond donors (Lipinski definition) is 0. The summed E-state index contributed by atoms with van der Waals surface area (Å²) in [6, 6.07) is 0. The number of rotatable bonds is 4. The maximum absolute atomic E-state index is 5.43. The molecule has 12 heavy (non-hydrogen) atoms. The van der Waals surface area contributed by atoms with Gasteiger partial charge in [-0.3, -0.25) is 0 Å². The lowest BCUT2D eigenvalue weighted by atomic mass is 9.82. The third-order valence-electron chi connectivity index (χ3n) is 2.46. The summed E-state index contributed by atoms with van der Waals surface area (Å²) in [7, 11) is 0. The van der Waals surface area contributed by atoms with Crippen molar-refractivity contribution in [2.45, 2.75) is 26.2 Å². The molecule has 0 amide bonds. The molecule has 1 unspecified atom stereocenters. The van der Waals surface area contributed by atoms with E-state index >= 15 is 0 Å². The summed E-state index contributed by atoms with van der Waals surface area (Å²) in [5.74, 6) is 0. The zero-order valence-corrected chi connectivity index (χ0v) is 7.84. The lowest BCUT2D eigenvalue weighted by Gasteiger charge is -2.33. The van der Waals surface area contributed by atoms with Gasteiger partial charge >= 0.3 is 0 Å². The van der Waals surface area contributed by atoms with Gasteiger partial charge in [0.1, 0.15) is 0 Å². The molecule has 70 valence electrons. The Balaban J connectivity index is 2.21. The van der Waals surface area contributed by atoms with E-state index in [0.717, 1.165) is 26.2 Å². The van der Waals surface area contributed by atoms with E-state index in [9.17, 15) is 0 Å². The smallest absolute Gasteiger partial charge is 0.0879 e. The molecule has 0 saturated carbocycles. The molecule has 0 N–H and O–H groups in total. The quantitative estimate of drug-likeness (QED) is 0.476. The third kappa shape index (κ3) is 2.86. The summed E-state index contributed by atoms with van der Waals surface area (Å²) in [6.45, 7) is 8.35. The number of ether oxygens (including phenoxy) is 2. The van der Waals surface area contributed by atoms with E-state index in [4.69, 9.17) is 9.47 Å². The van der Waals surface area contributed by atoms with Crippen LogP contribution < -0.4 is 0 Å². The minimum atomic E-state index is 0.335. The Bertz CT molecular complexity index is 137. The van der Waals surface area contributed by atoms with Crippen LogP contribution in [0.5, 0.6) is 0 Å². The third-order valence-corrected chi connectivity index (χ3v) is 2.46. The predicted molar refractivity (Wildman–Crippen MR) is 48.9 cm³/mol. The molecule has 1 rings (SSSR count). The van der Waals surface area contributed by atoms with Gasteiger partial charge in [-0.25, -0.2) is 0 Å². The lowest BCUT2D eigenvalue weighted by molar-refractivity contribution is -0.0107. The Kier molecular flexibility index (Phi) is 3.60. The molecule has 2 nitrogen and oxygen atoms in total. The van der Waals surface area contributed by atoms with Crippen LogP contribution in [0.25, 0.3) is 0 Å². The Hall–Kier alpha value is -0.500. The topological polar surface area (TPSA) is 18.5 Å². The zero-order chi connectivity index (χ0) is 8.86. The van der Waals surface area contributed by atoms with Crippen LogP contribution in [-0.4, -0.2) is 19.8 Å². The van der Waals surface area contributed by atoms with Gasteiger partial charge < -0.3 is 9.47 Å². The molecule has 1 atom stereocenters.